The first-order chi connectivity index (χ1) is 6.73. The lowest BCUT2D eigenvalue weighted by molar-refractivity contribution is -0.141. The fraction of sp³-hybridized carbons (Fsp3) is 0.286. The summed E-state index contributed by atoms with van der Waals surface area (Å²) in [6.45, 7) is 0. The lowest BCUT2D eigenvalue weighted by atomic mass is 10.2. The van der Waals surface area contributed by atoms with Gasteiger partial charge < -0.3 is 5.73 Å². The molecule has 2 N–H and O–H groups in total. The normalized spacial score (nSPS) is 12.2. The van der Waals surface area contributed by atoms with Gasteiger partial charge in [-0.3, -0.25) is 0 Å². The minimum Gasteiger partial charge on any atom is -0.383 e. The molecule has 0 fully saturated rings. The smallest absolute Gasteiger partial charge is 0.383 e. The second-order valence-electron chi connectivity index (χ2n) is 2.59. The maximum absolute atomic E-state index is 12.2. The third kappa shape index (κ3) is 2.47. The monoisotopic (exact) mass is 246 g/mol. The number of rotatable bonds is 1. The van der Waals surface area contributed by atoms with Gasteiger partial charge in [0.25, 0.3) is 6.43 Å². The van der Waals surface area contributed by atoms with Crippen molar-refractivity contribution in [3.63, 3.8) is 0 Å². The highest BCUT2D eigenvalue weighted by Crippen LogP contribution is 2.36. The molecule has 1 aromatic heterocycles. The van der Waals surface area contributed by atoms with Crippen LogP contribution in [-0.4, -0.2) is 4.98 Å². The number of aromatic nitrogens is 1. The van der Waals surface area contributed by atoms with Crippen molar-refractivity contribution in [1.82, 2.24) is 4.98 Å². The first kappa shape index (κ1) is 12.0. The Hall–Kier alpha value is -1.11. The molecule has 0 unspecified atom stereocenters. The number of hydrogen-bond donors (Lipinski definition) is 1. The third-order valence-electron chi connectivity index (χ3n) is 1.54. The molecule has 0 aliphatic rings. The highest BCUT2D eigenvalue weighted by atomic mass is 35.5. The summed E-state index contributed by atoms with van der Waals surface area (Å²) >= 11 is 5.16. The van der Waals surface area contributed by atoms with Gasteiger partial charge in [-0.2, -0.15) is 13.2 Å². The molecule has 2 nitrogen and oxygen atoms in total. The molecular formula is C7H4ClF5N2. The Labute approximate surface area is 85.9 Å². The van der Waals surface area contributed by atoms with Crippen molar-refractivity contribution in [2.45, 2.75) is 12.6 Å². The van der Waals surface area contributed by atoms with E-state index in [0.29, 0.717) is 6.07 Å². The molecule has 0 amide bonds. The lowest BCUT2D eigenvalue weighted by Gasteiger charge is -2.11. The number of halogens is 6. The fourth-order valence-corrected chi connectivity index (χ4v) is 1.16. The number of nitrogens with two attached hydrogens (primary N) is 1. The number of nitrogen functional groups attached to an aromatic ring is 1. The predicted molar refractivity (Wildman–Crippen MR) is 43.6 cm³/mol. The van der Waals surface area contributed by atoms with Gasteiger partial charge in [0.1, 0.15) is 5.82 Å². The van der Waals surface area contributed by atoms with Crippen LogP contribution in [0.15, 0.2) is 6.07 Å². The Balaban J connectivity index is 3.32. The summed E-state index contributed by atoms with van der Waals surface area (Å²) in [5.74, 6) is -0.873. The Kier molecular flexibility index (Phi) is 3.03. The van der Waals surface area contributed by atoms with Crippen molar-refractivity contribution >= 4 is 17.4 Å². The van der Waals surface area contributed by atoms with Gasteiger partial charge in [-0.25, -0.2) is 13.8 Å². The van der Waals surface area contributed by atoms with Crippen LogP contribution in [0.2, 0.25) is 5.02 Å². The zero-order valence-electron chi connectivity index (χ0n) is 6.95. The molecule has 0 aliphatic heterocycles. The Bertz CT molecular complexity index is 376. The van der Waals surface area contributed by atoms with Gasteiger partial charge in [0, 0.05) is 0 Å². The quantitative estimate of drug-likeness (QED) is 0.773. The van der Waals surface area contributed by atoms with Crippen molar-refractivity contribution in [2.24, 2.45) is 0 Å². The van der Waals surface area contributed by atoms with E-state index in [9.17, 15) is 22.0 Å². The molecule has 0 aromatic carbocycles. The van der Waals surface area contributed by atoms with Gasteiger partial charge in [0.05, 0.1) is 10.6 Å². The lowest BCUT2D eigenvalue weighted by Crippen LogP contribution is -2.12. The average Bonchev–Trinajstić information content (AvgIpc) is 2.06. The Morgan fingerprint density at radius 1 is 1.33 bits per heavy atom. The van der Waals surface area contributed by atoms with Crippen LogP contribution in [0.3, 0.4) is 0 Å². The highest BCUT2D eigenvalue weighted by Gasteiger charge is 2.36. The standard InChI is InChI=1S/C7H4ClF5N2/c8-3-1-2(5(9)10)6(14)15-4(3)7(11,12)13/h1,5H,(H2,14,15). The van der Waals surface area contributed by atoms with Crippen LogP contribution in [0, 0.1) is 0 Å². The molecule has 1 aromatic rings. The molecule has 0 saturated carbocycles. The minimum absolute atomic E-state index is 0.470. The molecule has 0 bridgehead atoms. The molecular weight excluding hydrogens is 243 g/mol. The van der Waals surface area contributed by atoms with Crippen molar-refractivity contribution < 1.29 is 22.0 Å². The summed E-state index contributed by atoms with van der Waals surface area (Å²) in [7, 11) is 0. The topological polar surface area (TPSA) is 38.9 Å². The van der Waals surface area contributed by atoms with Crippen LogP contribution in [0.1, 0.15) is 17.7 Å². The number of pyridine rings is 1. The SMILES string of the molecule is Nc1nc(C(F)(F)F)c(Cl)cc1C(F)F. The molecule has 15 heavy (non-hydrogen) atoms. The molecule has 0 radical (unpaired) electrons. The maximum atomic E-state index is 12.2. The molecule has 8 heteroatoms. The average molecular weight is 247 g/mol. The molecule has 0 aliphatic carbocycles. The fourth-order valence-electron chi connectivity index (χ4n) is 0.891. The van der Waals surface area contributed by atoms with Crippen molar-refractivity contribution in [2.75, 3.05) is 5.73 Å². The first-order valence-electron chi connectivity index (χ1n) is 3.54. The van der Waals surface area contributed by atoms with Gasteiger partial charge in [-0.05, 0) is 6.07 Å². The number of anilines is 1. The zero-order chi connectivity index (χ0) is 11.8. The van der Waals surface area contributed by atoms with Gasteiger partial charge in [0.15, 0.2) is 5.69 Å². The van der Waals surface area contributed by atoms with Crippen molar-refractivity contribution in [1.29, 1.82) is 0 Å². The summed E-state index contributed by atoms with van der Waals surface area (Å²) in [4.78, 5) is 2.81. The van der Waals surface area contributed by atoms with Crippen LogP contribution >= 0.6 is 11.6 Å². The van der Waals surface area contributed by atoms with E-state index < -0.39 is 34.7 Å². The van der Waals surface area contributed by atoms with E-state index in [0.717, 1.165) is 0 Å². The predicted octanol–water partition coefficient (Wildman–Crippen LogP) is 3.27. The van der Waals surface area contributed by atoms with E-state index in [2.05, 4.69) is 4.98 Å². The number of alkyl halides is 5. The molecule has 0 saturated heterocycles. The number of nitrogens with zero attached hydrogens (tertiary/aromatic N) is 1. The number of hydrogen-bond acceptors (Lipinski definition) is 2. The van der Waals surface area contributed by atoms with Gasteiger partial charge >= 0.3 is 6.18 Å². The van der Waals surface area contributed by atoms with Crippen LogP contribution in [0.5, 0.6) is 0 Å². The molecule has 1 rings (SSSR count). The largest absolute Gasteiger partial charge is 0.434 e. The third-order valence-corrected chi connectivity index (χ3v) is 1.83. The maximum Gasteiger partial charge on any atom is 0.434 e. The van der Waals surface area contributed by atoms with Gasteiger partial charge in [-0.1, -0.05) is 11.6 Å². The van der Waals surface area contributed by atoms with Crippen LogP contribution in [-0.2, 0) is 6.18 Å². The summed E-state index contributed by atoms with van der Waals surface area (Å²) in [6.07, 6.45) is -7.83. The molecule has 84 valence electrons. The summed E-state index contributed by atoms with van der Waals surface area (Å²) in [5.41, 5.74) is 2.66. The van der Waals surface area contributed by atoms with Crippen molar-refractivity contribution in [3.05, 3.63) is 22.3 Å². The van der Waals surface area contributed by atoms with Crippen LogP contribution < -0.4 is 5.73 Å². The van der Waals surface area contributed by atoms with E-state index in [1.54, 1.807) is 0 Å². The van der Waals surface area contributed by atoms with Gasteiger partial charge in [-0.15, -0.1) is 0 Å². The second kappa shape index (κ2) is 3.80. The molecule has 0 atom stereocenters. The summed E-state index contributed by atoms with van der Waals surface area (Å²) in [5, 5.41) is -0.896. The first-order valence-corrected chi connectivity index (χ1v) is 3.92. The summed E-state index contributed by atoms with van der Waals surface area (Å²) in [6, 6.07) is 0.470. The zero-order valence-corrected chi connectivity index (χ0v) is 7.70. The highest BCUT2D eigenvalue weighted by molar-refractivity contribution is 6.31. The minimum atomic E-state index is -4.81. The summed E-state index contributed by atoms with van der Waals surface area (Å²) < 4.78 is 60.9. The van der Waals surface area contributed by atoms with Crippen LogP contribution in [0.4, 0.5) is 27.8 Å². The van der Waals surface area contributed by atoms with E-state index in [1.807, 2.05) is 0 Å². The van der Waals surface area contributed by atoms with Crippen molar-refractivity contribution in [3.8, 4) is 0 Å². The van der Waals surface area contributed by atoms with Gasteiger partial charge in [0.2, 0.25) is 0 Å². The van der Waals surface area contributed by atoms with E-state index >= 15 is 0 Å². The Morgan fingerprint density at radius 3 is 2.27 bits per heavy atom. The second-order valence-corrected chi connectivity index (χ2v) is 3.00. The molecule has 1 heterocycles. The Morgan fingerprint density at radius 2 is 1.87 bits per heavy atom. The van der Waals surface area contributed by atoms with E-state index in [4.69, 9.17) is 17.3 Å². The van der Waals surface area contributed by atoms with Crippen LogP contribution in [0.25, 0.3) is 0 Å². The van der Waals surface area contributed by atoms with E-state index in [1.165, 1.54) is 0 Å². The van der Waals surface area contributed by atoms with E-state index in [-0.39, 0.29) is 0 Å². The molecule has 0 spiro atoms.